The minimum absolute atomic E-state index is 0.0555. The van der Waals surface area contributed by atoms with Crippen molar-refractivity contribution in [2.24, 2.45) is 0 Å². The SMILES string of the molecule is CCCC(CC)n1c(=O)n(CC(=O)O)c2cccnc21. The number of aromatic nitrogens is 3. The van der Waals surface area contributed by atoms with E-state index in [0.717, 1.165) is 19.3 Å². The summed E-state index contributed by atoms with van der Waals surface area (Å²) in [6, 6.07) is 3.51. The lowest BCUT2D eigenvalue weighted by atomic mass is 10.1. The summed E-state index contributed by atoms with van der Waals surface area (Å²) in [5, 5.41) is 8.97. The molecule has 108 valence electrons. The van der Waals surface area contributed by atoms with Crippen LogP contribution >= 0.6 is 0 Å². The van der Waals surface area contributed by atoms with Crippen molar-refractivity contribution in [2.75, 3.05) is 0 Å². The first-order valence-electron chi connectivity index (χ1n) is 6.87. The van der Waals surface area contributed by atoms with Crippen molar-refractivity contribution in [1.82, 2.24) is 14.1 Å². The Kier molecular flexibility index (Phi) is 4.22. The van der Waals surface area contributed by atoms with Crippen LogP contribution in [0, 0.1) is 0 Å². The zero-order valence-corrected chi connectivity index (χ0v) is 11.7. The Labute approximate surface area is 116 Å². The number of carboxylic acid groups (broad SMARTS) is 1. The third-order valence-electron chi connectivity index (χ3n) is 3.47. The van der Waals surface area contributed by atoms with Crippen molar-refractivity contribution >= 4 is 17.1 Å². The molecule has 0 aliphatic heterocycles. The summed E-state index contributed by atoms with van der Waals surface area (Å²) in [4.78, 5) is 27.7. The van der Waals surface area contributed by atoms with E-state index < -0.39 is 5.97 Å². The quantitative estimate of drug-likeness (QED) is 0.876. The maximum atomic E-state index is 12.5. The summed E-state index contributed by atoms with van der Waals surface area (Å²) in [6.07, 6.45) is 4.28. The smallest absolute Gasteiger partial charge is 0.331 e. The van der Waals surface area contributed by atoms with Gasteiger partial charge in [-0.25, -0.2) is 9.78 Å². The maximum absolute atomic E-state index is 12.5. The second-order valence-corrected chi connectivity index (χ2v) is 4.83. The van der Waals surface area contributed by atoms with Crippen LogP contribution in [0.1, 0.15) is 39.2 Å². The molecule has 6 heteroatoms. The van der Waals surface area contributed by atoms with Crippen molar-refractivity contribution in [3.8, 4) is 0 Å². The molecular weight excluding hydrogens is 258 g/mol. The summed E-state index contributed by atoms with van der Waals surface area (Å²) in [6.45, 7) is 3.75. The fourth-order valence-electron chi connectivity index (χ4n) is 2.57. The van der Waals surface area contributed by atoms with Crippen LogP contribution < -0.4 is 5.69 Å². The van der Waals surface area contributed by atoms with Crippen molar-refractivity contribution in [3.05, 3.63) is 28.8 Å². The van der Waals surface area contributed by atoms with Crippen molar-refractivity contribution < 1.29 is 9.90 Å². The zero-order valence-electron chi connectivity index (χ0n) is 11.7. The van der Waals surface area contributed by atoms with Crippen LogP contribution in [0.15, 0.2) is 23.1 Å². The van der Waals surface area contributed by atoms with Gasteiger partial charge in [0.25, 0.3) is 0 Å². The number of pyridine rings is 1. The fourth-order valence-corrected chi connectivity index (χ4v) is 2.57. The van der Waals surface area contributed by atoms with Crippen LogP contribution in [-0.2, 0) is 11.3 Å². The van der Waals surface area contributed by atoms with Crippen LogP contribution in [0.25, 0.3) is 11.2 Å². The van der Waals surface area contributed by atoms with E-state index >= 15 is 0 Å². The molecule has 0 fully saturated rings. The normalized spacial score (nSPS) is 12.7. The first-order valence-corrected chi connectivity index (χ1v) is 6.87. The summed E-state index contributed by atoms with van der Waals surface area (Å²) >= 11 is 0. The maximum Gasteiger partial charge on any atom is 0.331 e. The molecule has 2 aromatic rings. The molecule has 2 heterocycles. The molecule has 2 aromatic heterocycles. The Hall–Kier alpha value is -2.11. The highest BCUT2D eigenvalue weighted by Crippen LogP contribution is 2.21. The number of imidazole rings is 1. The molecule has 1 atom stereocenters. The second-order valence-electron chi connectivity index (χ2n) is 4.83. The minimum Gasteiger partial charge on any atom is -0.480 e. The van der Waals surface area contributed by atoms with E-state index in [1.807, 2.05) is 6.92 Å². The predicted molar refractivity (Wildman–Crippen MR) is 75.9 cm³/mol. The summed E-state index contributed by atoms with van der Waals surface area (Å²) < 4.78 is 2.92. The molecule has 0 aromatic carbocycles. The number of fused-ring (bicyclic) bond motifs is 1. The van der Waals surface area contributed by atoms with Gasteiger partial charge in [-0.2, -0.15) is 0 Å². The Balaban J connectivity index is 2.68. The van der Waals surface area contributed by atoms with E-state index in [-0.39, 0.29) is 18.3 Å². The average Bonchev–Trinajstić information content (AvgIpc) is 2.69. The van der Waals surface area contributed by atoms with Gasteiger partial charge >= 0.3 is 11.7 Å². The van der Waals surface area contributed by atoms with E-state index in [2.05, 4.69) is 11.9 Å². The number of rotatable bonds is 6. The van der Waals surface area contributed by atoms with Gasteiger partial charge in [0, 0.05) is 12.2 Å². The van der Waals surface area contributed by atoms with E-state index in [1.165, 1.54) is 4.57 Å². The number of hydrogen-bond donors (Lipinski definition) is 1. The monoisotopic (exact) mass is 277 g/mol. The Morgan fingerprint density at radius 1 is 1.45 bits per heavy atom. The number of hydrogen-bond acceptors (Lipinski definition) is 3. The van der Waals surface area contributed by atoms with Gasteiger partial charge in [-0.3, -0.25) is 13.9 Å². The second kappa shape index (κ2) is 5.90. The molecule has 0 saturated carbocycles. The molecule has 1 N–H and O–H groups in total. The van der Waals surface area contributed by atoms with Gasteiger partial charge in [0.1, 0.15) is 6.54 Å². The first kappa shape index (κ1) is 14.3. The Bertz CT molecular complexity index is 672. The van der Waals surface area contributed by atoms with Crippen molar-refractivity contribution in [2.45, 2.75) is 45.7 Å². The van der Waals surface area contributed by atoms with Crippen molar-refractivity contribution in [1.29, 1.82) is 0 Å². The molecule has 0 bridgehead atoms. The number of aliphatic carboxylic acids is 1. The molecule has 0 saturated heterocycles. The zero-order chi connectivity index (χ0) is 14.7. The van der Waals surface area contributed by atoms with Gasteiger partial charge in [-0.15, -0.1) is 0 Å². The molecule has 0 radical (unpaired) electrons. The third-order valence-corrected chi connectivity index (χ3v) is 3.47. The topological polar surface area (TPSA) is 77.1 Å². The van der Waals surface area contributed by atoms with Crippen molar-refractivity contribution in [3.63, 3.8) is 0 Å². The lowest BCUT2D eigenvalue weighted by Crippen LogP contribution is -2.29. The highest BCUT2D eigenvalue weighted by Gasteiger charge is 2.20. The molecule has 6 nitrogen and oxygen atoms in total. The van der Waals surface area contributed by atoms with E-state index in [4.69, 9.17) is 5.11 Å². The van der Waals surface area contributed by atoms with Gasteiger partial charge in [0.2, 0.25) is 0 Å². The molecule has 0 amide bonds. The Morgan fingerprint density at radius 2 is 2.20 bits per heavy atom. The number of carbonyl (C=O) groups is 1. The largest absolute Gasteiger partial charge is 0.480 e. The molecular formula is C14H19N3O3. The summed E-state index contributed by atoms with van der Waals surface area (Å²) in [5.41, 5.74) is 0.856. The van der Waals surface area contributed by atoms with Gasteiger partial charge < -0.3 is 5.11 Å². The van der Waals surface area contributed by atoms with Crippen LogP contribution in [0.5, 0.6) is 0 Å². The van der Waals surface area contributed by atoms with E-state index in [9.17, 15) is 9.59 Å². The fraction of sp³-hybridized carbons (Fsp3) is 0.500. The Morgan fingerprint density at radius 3 is 2.80 bits per heavy atom. The van der Waals surface area contributed by atoms with Crippen LogP contribution in [0.2, 0.25) is 0 Å². The van der Waals surface area contributed by atoms with Crippen LogP contribution in [0.4, 0.5) is 0 Å². The number of carboxylic acids is 1. The standard InChI is InChI=1S/C14H19N3O3/c1-3-6-10(4-2)17-13-11(7-5-8-15-13)16(14(17)20)9-12(18)19/h5,7-8,10H,3-4,6,9H2,1-2H3,(H,18,19). The van der Waals surface area contributed by atoms with E-state index in [1.54, 1.807) is 22.9 Å². The molecule has 2 rings (SSSR count). The first-order chi connectivity index (χ1) is 9.60. The molecule has 20 heavy (non-hydrogen) atoms. The van der Waals surface area contributed by atoms with Crippen LogP contribution in [0.3, 0.4) is 0 Å². The lowest BCUT2D eigenvalue weighted by Gasteiger charge is -2.15. The molecule has 0 aliphatic rings. The summed E-state index contributed by atoms with van der Waals surface area (Å²) in [7, 11) is 0. The molecule has 0 aliphatic carbocycles. The number of nitrogens with zero attached hydrogens (tertiary/aromatic N) is 3. The highest BCUT2D eigenvalue weighted by atomic mass is 16.4. The van der Waals surface area contributed by atoms with Crippen LogP contribution in [-0.4, -0.2) is 25.2 Å². The van der Waals surface area contributed by atoms with Gasteiger partial charge in [0.15, 0.2) is 5.65 Å². The molecule has 1 unspecified atom stereocenters. The third kappa shape index (κ3) is 2.45. The summed E-state index contributed by atoms with van der Waals surface area (Å²) in [5.74, 6) is -1.03. The van der Waals surface area contributed by atoms with E-state index in [0.29, 0.717) is 11.2 Å². The minimum atomic E-state index is -1.03. The average molecular weight is 277 g/mol. The van der Waals surface area contributed by atoms with Gasteiger partial charge in [-0.05, 0) is 25.0 Å². The lowest BCUT2D eigenvalue weighted by molar-refractivity contribution is -0.137. The molecule has 0 spiro atoms. The predicted octanol–water partition coefficient (Wildman–Crippen LogP) is 2.03. The highest BCUT2D eigenvalue weighted by molar-refractivity contribution is 5.75. The van der Waals surface area contributed by atoms with Gasteiger partial charge in [0.05, 0.1) is 5.52 Å². The van der Waals surface area contributed by atoms with Gasteiger partial charge in [-0.1, -0.05) is 20.3 Å².